The van der Waals surface area contributed by atoms with Crippen molar-refractivity contribution in [2.75, 3.05) is 26.7 Å². The van der Waals surface area contributed by atoms with E-state index in [-0.39, 0.29) is 29.5 Å². The third-order valence-corrected chi connectivity index (χ3v) is 11.4. The van der Waals surface area contributed by atoms with Crippen LogP contribution in [0.3, 0.4) is 0 Å². The molecule has 11 heteroatoms. The summed E-state index contributed by atoms with van der Waals surface area (Å²) in [6, 6.07) is 23.1. The quantitative estimate of drug-likeness (QED) is 0.160. The number of methoxy groups -OCH3 is 1. The smallest absolute Gasteiger partial charge is 0.236 e. The monoisotopic (exact) mass is 725 g/mol. The summed E-state index contributed by atoms with van der Waals surface area (Å²) in [6.07, 6.45) is 4.39. The van der Waals surface area contributed by atoms with E-state index in [9.17, 15) is 9.59 Å². The van der Waals surface area contributed by atoms with Gasteiger partial charge in [0.1, 0.15) is 11.1 Å². The van der Waals surface area contributed by atoms with Crippen LogP contribution in [0.15, 0.2) is 66.7 Å². The molecule has 8 rings (SSSR count). The molecule has 1 aromatic heterocycles. The van der Waals surface area contributed by atoms with Crippen molar-refractivity contribution in [3.8, 4) is 34.0 Å². The molecule has 9 nitrogen and oxygen atoms in total. The first kappa shape index (κ1) is 34.0. The van der Waals surface area contributed by atoms with Crippen molar-refractivity contribution in [2.24, 2.45) is 0 Å². The molecule has 1 unspecified atom stereocenters. The molecule has 0 radical (unpaired) electrons. The van der Waals surface area contributed by atoms with E-state index in [1.807, 2.05) is 6.07 Å². The van der Waals surface area contributed by atoms with Crippen LogP contribution in [0.2, 0.25) is 10.0 Å². The molecule has 3 aliphatic heterocycles. The number of nitrogens with one attached hydrogen (secondary N) is 3. The van der Waals surface area contributed by atoms with Crippen LogP contribution in [0.5, 0.6) is 11.8 Å². The first-order valence-electron chi connectivity index (χ1n) is 17.7. The van der Waals surface area contributed by atoms with Gasteiger partial charge in [-0.05, 0) is 59.6 Å². The van der Waals surface area contributed by atoms with Gasteiger partial charge in [-0.15, -0.1) is 0 Å². The highest BCUT2D eigenvalue weighted by Gasteiger charge is 2.47. The number of hydrogen-bond acceptors (Lipinski definition) is 7. The highest BCUT2D eigenvalue weighted by Crippen LogP contribution is 2.45. The number of fused-ring (bicyclic) bond motifs is 1. The van der Waals surface area contributed by atoms with Gasteiger partial charge in [0.2, 0.25) is 23.6 Å². The zero-order valence-electron chi connectivity index (χ0n) is 28.6. The minimum Gasteiger partial charge on any atom is -0.481 e. The van der Waals surface area contributed by atoms with Crippen molar-refractivity contribution >= 4 is 35.0 Å². The van der Waals surface area contributed by atoms with Gasteiger partial charge >= 0.3 is 0 Å². The lowest BCUT2D eigenvalue weighted by molar-refractivity contribution is -0.121. The molecule has 51 heavy (non-hydrogen) atoms. The minimum atomic E-state index is -0.213. The number of carbonyl (C=O) groups excluding carboxylic acids is 2. The van der Waals surface area contributed by atoms with Gasteiger partial charge < -0.3 is 25.4 Å². The van der Waals surface area contributed by atoms with Crippen LogP contribution in [0.1, 0.15) is 60.5 Å². The van der Waals surface area contributed by atoms with Crippen molar-refractivity contribution in [3.63, 3.8) is 0 Å². The van der Waals surface area contributed by atoms with E-state index >= 15 is 0 Å². The topological polar surface area (TPSA) is 105 Å². The number of hydrogen-bond donors (Lipinski definition) is 3. The SMILES string of the molecule is COc1nc(O[C@H]2CCc3c(-c4cccc(-c5ccc(CNCC6CCC(=O)N6)cc5)c4Cl)cccc32)c(Cl)cc1CN1CC2(CCC(=O)N2)C1. The van der Waals surface area contributed by atoms with Crippen molar-refractivity contribution in [1.29, 1.82) is 0 Å². The van der Waals surface area contributed by atoms with Crippen LogP contribution in [-0.2, 0) is 29.1 Å². The first-order chi connectivity index (χ1) is 24.8. The number of halogens is 2. The van der Waals surface area contributed by atoms with E-state index in [1.165, 1.54) is 11.1 Å². The molecule has 2 atom stereocenters. The second-order valence-electron chi connectivity index (χ2n) is 14.2. The molecular formula is C40H41Cl2N5O4. The average Bonchev–Trinajstić information content (AvgIpc) is 3.84. The molecule has 1 aliphatic carbocycles. The van der Waals surface area contributed by atoms with E-state index < -0.39 is 0 Å². The van der Waals surface area contributed by atoms with E-state index in [0.29, 0.717) is 41.2 Å². The Labute approximate surface area is 308 Å². The maximum atomic E-state index is 11.8. The third kappa shape index (κ3) is 6.92. The highest BCUT2D eigenvalue weighted by atomic mass is 35.5. The number of rotatable bonds is 11. The number of nitrogens with zero attached hydrogens (tertiary/aromatic N) is 2. The number of carbonyl (C=O) groups is 2. The van der Waals surface area contributed by atoms with Crippen molar-refractivity contribution in [2.45, 2.75) is 69.3 Å². The molecule has 3 N–H and O–H groups in total. The molecular weight excluding hydrogens is 685 g/mol. The van der Waals surface area contributed by atoms with E-state index in [2.05, 4.69) is 81.5 Å². The molecule has 3 fully saturated rings. The van der Waals surface area contributed by atoms with Gasteiger partial charge in [-0.3, -0.25) is 14.5 Å². The highest BCUT2D eigenvalue weighted by molar-refractivity contribution is 6.36. The van der Waals surface area contributed by atoms with Crippen molar-refractivity contribution in [1.82, 2.24) is 25.8 Å². The summed E-state index contributed by atoms with van der Waals surface area (Å²) in [4.78, 5) is 30.2. The minimum absolute atomic E-state index is 0.0912. The van der Waals surface area contributed by atoms with Gasteiger partial charge in [0, 0.05) is 68.3 Å². The second-order valence-corrected chi connectivity index (χ2v) is 15.0. The summed E-state index contributed by atoms with van der Waals surface area (Å²) in [5.74, 6) is 1.12. The molecule has 4 aliphatic rings. The van der Waals surface area contributed by atoms with Gasteiger partial charge in [-0.2, -0.15) is 4.98 Å². The van der Waals surface area contributed by atoms with Crippen LogP contribution < -0.4 is 25.4 Å². The summed E-state index contributed by atoms with van der Waals surface area (Å²) < 4.78 is 12.2. The van der Waals surface area contributed by atoms with Gasteiger partial charge in [0.15, 0.2) is 0 Å². The Morgan fingerprint density at radius 3 is 2.45 bits per heavy atom. The number of aromatic nitrogens is 1. The Bertz CT molecular complexity index is 1980. The van der Waals surface area contributed by atoms with E-state index in [1.54, 1.807) is 7.11 Å². The Morgan fingerprint density at radius 2 is 1.71 bits per heavy atom. The van der Waals surface area contributed by atoms with Crippen molar-refractivity contribution < 1.29 is 19.1 Å². The zero-order valence-corrected chi connectivity index (χ0v) is 30.1. The summed E-state index contributed by atoms with van der Waals surface area (Å²) in [7, 11) is 1.61. The van der Waals surface area contributed by atoms with E-state index in [4.69, 9.17) is 37.7 Å². The van der Waals surface area contributed by atoms with Gasteiger partial charge in [0.05, 0.1) is 17.7 Å². The van der Waals surface area contributed by atoms with Gasteiger partial charge in [-0.25, -0.2) is 0 Å². The Kier molecular flexibility index (Phi) is 9.40. The van der Waals surface area contributed by atoms with Gasteiger partial charge in [-0.1, -0.05) is 83.9 Å². The lowest BCUT2D eigenvalue weighted by Crippen LogP contribution is -2.66. The molecule has 3 aromatic carbocycles. The Hall–Kier alpha value is -4.15. The number of amides is 2. The Balaban J connectivity index is 0.956. The molecule has 0 bridgehead atoms. The Morgan fingerprint density at radius 1 is 0.922 bits per heavy atom. The standard InChI is InChI=1S/C40H41Cl2N5O4/c1-50-38-26(21-47-22-40(23-47)17-16-36(49)46-40)18-33(41)39(45-38)51-34-14-13-30-29(5-3-6-31(30)34)32-7-2-4-28(37(32)42)25-10-8-24(9-11-25)19-43-20-27-12-15-35(48)44-27/h2-11,18,27,34,43H,12-17,19-23H2,1H3,(H,44,48)(H,46,49)/t27?,34-/m0/s1. The maximum absolute atomic E-state index is 11.8. The fourth-order valence-electron chi connectivity index (χ4n) is 8.15. The molecule has 4 aromatic rings. The summed E-state index contributed by atoms with van der Waals surface area (Å²) >= 11 is 14.0. The van der Waals surface area contributed by atoms with Gasteiger partial charge in [0.25, 0.3) is 0 Å². The molecule has 3 saturated heterocycles. The molecule has 1 spiro atoms. The van der Waals surface area contributed by atoms with Crippen molar-refractivity contribution in [3.05, 3.63) is 99.0 Å². The number of ether oxygens (including phenoxy) is 2. The fraction of sp³-hybridized carbons (Fsp3) is 0.375. The molecule has 264 valence electrons. The summed E-state index contributed by atoms with van der Waals surface area (Å²) in [5.41, 5.74) is 8.42. The number of pyridine rings is 1. The second kappa shape index (κ2) is 14.1. The first-order valence-corrected chi connectivity index (χ1v) is 18.5. The average molecular weight is 727 g/mol. The normalized spacial score (nSPS) is 20.6. The molecule has 4 heterocycles. The number of likely N-dealkylation sites (tertiary alicyclic amines) is 1. The lowest BCUT2D eigenvalue weighted by Gasteiger charge is -2.48. The number of benzene rings is 3. The predicted octanol–water partition coefficient (Wildman–Crippen LogP) is 6.63. The predicted molar refractivity (Wildman–Crippen MR) is 198 cm³/mol. The maximum Gasteiger partial charge on any atom is 0.236 e. The third-order valence-electron chi connectivity index (χ3n) is 10.7. The zero-order chi connectivity index (χ0) is 35.1. The van der Waals surface area contributed by atoms with Crippen LogP contribution >= 0.6 is 23.2 Å². The fourth-order valence-corrected chi connectivity index (χ4v) is 8.71. The van der Waals surface area contributed by atoms with Crippen LogP contribution in [0, 0.1) is 0 Å². The van der Waals surface area contributed by atoms with Crippen LogP contribution in [0.25, 0.3) is 22.3 Å². The lowest BCUT2D eigenvalue weighted by atomic mass is 9.88. The molecule has 0 saturated carbocycles. The molecule has 2 amide bonds. The summed E-state index contributed by atoms with van der Waals surface area (Å²) in [6.45, 7) is 3.74. The largest absolute Gasteiger partial charge is 0.481 e. The van der Waals surface area contributed by atoms with Crippen LogP contribution in [0.4, 0.5) is 0 Å². The van der Waals surface area contributed by atoms with E-state index in [0.717, 1.165) is 85.2 Å². The summed E-state index contributed by atoms with van der Waals surface area (Å²) in [5, 5.41) is 10.8. The van der Waals surface area contributed by atoms with Crippen LogP contribution in [-0.4, -0.2) is 60.0 Å².